The van der Waals surface area contributed by atoms with Crippen LogP contribution in [0.3, 0.4) is 0 Å². The van der Waals surface area contributed by atoms with Gasteiger partial charge in [-0.1, -0.05) is 31.1 Å². The van der Waals surface area contributed by atoms with Crippen LogP contribution >= 0.6 is 11.3 Å². The SMILES string of the molecule is NCC#Cc1ccsc1CNS(=O)(=O)C1CCCCC1. The van der Waals surface area contributed by atoms with Crippen molar-refractivity contribution in [2.24, 2.45) is 5.73 Å². The second kappa shape index (κ2) is 7.23. The number of sulfonamides is 1. The average Bonchev–Trinajstić information content (AvgIpc) is 2.91. The van der Waals surface area contributed by atoms with Gasteiger partial charge in [0.1, 0.15) is 0 Å². The molecule has 1 aliphatic rings. The molecule has 2 rings (SSSR count). The maximum Gasteiger partial charge on any atom is 0.214 e. The van der Waals surface area contributed by atoms with Gasteiger partial charge in [0.25, 0.3) is 0 Å². The third kappa shape index (κ3) is 4.06. The molecule has 1 saturated carbocycles. The quantitative estimate of drug-likeness (QED) is 0.833. The van der Waals surface area contributed by atoms with E-state index in [0.29, 0.717) is 13.1 Å². The van der Waals surface area contributed by atoms with E-state index >= 15 is 0 Å². The van der Waals surface area contributed by atoms with Crippen LogP contribution < -0.4 is 10.5 Å². The van der Waals surface area contributed by atoms with E-state index in [0.717, 1.165) is 42.5 Å². The second-order valence-electron chi connectivity index (χ2n) is 4.89. The largest absolute Gasteiger partial charge is 0.320 e. The highest BCUT2D eigenvalue weighted by Gasteiger charge is 2.26. The van der Waals surface area contributed by atoms with Crippen LogP contribution in [0.25, 0.3) is 0 Å². The summed E-state index contributed by atoms with van der Waals surface area (Å²) in [5.74, 6) is 5.77. The van der Waals surface area contributed by atoms with Crippen LogP contribution in [-0.4, -0.2) is 20.2 Å². The highest BCUT2D eigenvalue weighted by Crippen LogP contribution is 2.24. The summed E-state index contributed by atoms with van der Waals surface area (Å²) in [6.07, 6.45) is 4.73. The summed E-state index contributed by atoms with van der Waals surface area (Å²) in [5.41, 5.74) is 6.22. The zero-order valence-electron chi connectivity index (χ0n) is 11.4. The fourth-order valence-corrected chi connectivity index (χ4v) is 4.79. The van der Waals surface area contributed by atoms with Gasteiger partial charge in [-0.05, 0) is 24.3 Å². The molecule has 1 aromatic heterocycles. The van der Waals surface area contributed by atoms with Crippen molar-refractivity contribution in [1.82, 2.24) is 4.72 Å². The lowest BCUT2D eigenvalue weighted by Gasteiger charge is -2.21. The number of hydrogen-bond acceptors (Lipinski definition) is 4. The topological polar surface area (TPSA) is 72.2 Å². The van der Waals surface area contributed by atoms with Crippen LogP contribution in [0.15, 0.2) is 11.4 Å². The molecule has 0 atom stereocenters. The van der Waals surface area contributed by atoms with Crippen molar-refractivity contribution in [2.45, 2.75) is 43.9 Å². The predicted molar refractivity (Wildman–Crippen MR) is 82.9 cm³/mol. The highest BCUT2D eigenvalue weighted by molar-refractivity contribution is 7.90. The lowest BCUT2D eigenvalue weighted by molar-refractivity contribution is 0.477. The molecule has 1 fully saturated rings. The molecule has 6 heteroatoms. The molecule has 1 heterocycles. The van der Waals surface area contributed by atoms with Crippen molar-refractivity contribution in [1.29, 1.82) is 0 Å². The molecule has 0 bridgehead atoms. The van der Waals surface area contributed by atoms with Crippen molar-refractivity contribution < 1.29 is 8.42 Å². The van der Waals surface area contributed by atoms with E-state index in [1.54, 1.807) is 0 Å². The van der Waals surface area contributed by atoms with Crippen molar-refractivity contribution in [2.75, 3.05) is 6.54 Å². The van der Waals surface area contributed by atoms with Gasteiger partial charge in [0.2, 0.25) is 10.0 Å². The van der Waals surface area contributed by atoms with Gasteiger partial charge >= 0.3 is 0 Å². The Hall–Kier alpha value is -0.870. The minimum atomic E-state index is -3.21. The Morgan fingerprint density at radius 2 is 2.10 bits per heavy atom. The Morgan fingerprint density at radius 1 is 1.35 bits per heavy atom. The Labute approximate surface area is 124 Å². The average molecular weight is 312 g/mol. The van der Waals surface area contributed by atoms with E-state index in [1.165, 1.54) is 11.3 Å². The molecular weight excluding hydrogens is 292 g/mol. The first-order valence-electron chi connectivity index (χ1n) is 6.87. The lowest BCUT2D eigenvalue weighted by atomic mass is 10.0. The van der Waals surface area contributed by atoms with E-state index in [-0.39, 0.29) is 5.25 Å². The van der Waals surface area contributed by atoms with Gasteiger partial charge in [-0.2, -0.15) is 0 Å². The highest BCUT2D eigenvalue weighted by atomic mass is 32.2. The molecule has 20 heavy (non-hydrogen) atoms. The van der Waals surface area contributed by atoms with E-state index in [4.69, 9.17) is 5.73 Å². The summed E-state index contributed by atoms with van der Waals surface area (Å²) in [5, 5.41) is 1.69. The maximum atomic E-state index is 12.2. The number of thiophene rings is 1. The van der Waals surface area contributed by atoms with Crippen LogP contribution in [0.1, 0.15) is 42.5 Å². The predicted octanol–water partition coefficient (Wildman–Crippen LogP) is 1.81. The van der Waals surface area contributed by atoms with Crippen LogP contribution in [-0.2, 0) is 16.6 Å². The molecular formula is C14H20N2O2S2. The normalized spacial score (nSPS) is 16.6. The molecule has 0 unspecified atom stereocenters. The third-order valence-electron chi connectivity index (χ3n) is 3.50. The zero-order chi connectivity index (χ0) is 14.4. The summed E-state index contributed by atoms with van der Waals surface area (Å²) in [6.45, 7) is 0.633. The second-order valence-corrected chi connectivity index (χ2v) is 7.94. The summed E-state index contributed by atoms with van der Waals surface area (Å²) >= 11 is 1.52. The Bertz CT molecular complexity index is 590. The molecule has 3 N–H and O–H groups in total. The first-order chi connectivity index (χ1) is 9.63. The van der Waals surface area contributed by atoms with Gasteiger partial charge in [-0.15, -0.1) is 11.3 Å². The zero-order valence-corrected chi connectivity index (χ0v) is 13.0. The number of nitrogens with two attached hydrogens (primary N) is 1. The van der Waals surface area contributed by atoms with Gasteiger partial charge in [0.05, 0.1) is 11.8 Å². The standard InChI is InChI=1S/C14H20N2O2S2/c15-9-4-5-12-8-10-19-14(12)11-16-20(17,18)13-6-2-1-3-7-13/h8,10,13,16H,1-3,6-7,9,11,15H2. The van der Waals surface area contributed by atoms with Gasteiger partial charge in [0.15, 0.2) is 0 Å². The Balaban J connectivity index is 1.99. The summed E-state index contributed by atoms with van der Waals surface area (Å²) in [7, 11) is -3.21. The minimum Gasteiger partial charge on any atom is -0.320 e. The maximum absolute atomic E-state index is 12.2. The molecule has 1 aromatic rings. The molecule has 0 spiro atoms. The van der Waals surface area contributed by atoms with E-state index < -0.39 is 10.0 Å². The molecule has 0 radical (unpaired) electrons. The minimum absolute atomic E-state index is 0.227. The Kier molecular flexibility index (Phi) is 5.61. The van der Waals surface area contributed by atoms with E-state index in [9.17, 15) is 8.42 Å². The van der Waals surface area contributed by atoms with Gasteiger partial charge in [-0.25, -0.2) is 13.1 Å². The molecule has 0 aliphatic heterocycles. The lowest BCUT2D eigenvalue weighted by Crippen LogP contribution is -2.35. The van der Waals surface area contributed by atoms with Gasteiger partial charge < -0.3 is 5.73 Å². The van der Waals surface area contributed by atoms with Gasteiger partial charge in [0, 0.05) is 17.0 Å². The molecule has 110 valence electrons. The smallest absolute Gasteiger partial charge is 0.214 e. The van der Waals surface area contributed by atoms with Crippen LogP contribution in [0.2, 0.25) is 0 Å². The van der Waals surface area contributed by atoms with E-state index in [1.807, 2.05) is 11.4 Å². The van der Waals surface area contributed by atoms with Crippen molar-refractivity contribution in [3.05, 3.63) is 21.9 Å². The number of rotatable bonds is 4. The van der Waals surface area contributed by atoms with Crippen LogP contribution in [0, 0.1) is 11.8 Å². The number of nitrogens with one attached hydrogen (secondary N) is 1. The third-order valence-corrected chi connectivity index (χ3v) is 6.31. The Morgan fingerprint density at radius 3 is 2.80 bits per heavy atom. The molecule has 0 amide bonds. The van der Waals surface area contributed by atoms with Crippen LogP contribution in [0.4, 0.5) is 0 Å². The van der Waals surface area contributed by atoms with Gasteiger partial charge in [-0.3, -0.25) is 0 Å². The van der Waals surface area contributed by atoms with Crippen LogP contribution in [0.5, 0.6) is 0 Å². The number of hydrogen-bond donors (Lipinski definition) is 2. The molecule has 0 aromatic carbocycles. The molecule has 0 saturated heterocycles. The van der Waals surface area contributed by atoms with E-state index in [2.05, 4.69) is 16.6 Å². The monoisotopic (exact) mass is 312 g/mol. The van der Waals surface area contributed by atoms with Crippen molar-refractivity contribution in [3.8, 4) is 11.8 Å². The molecule has 4 nitrogen and oxygen atoms in total. The first-order valence-corrected chi connectivity index (χ1v) is 9.30. The summed E-state index contributed by atoms with van der Waals surface area (Å²) in [4.78, 5) is 0.949. The molecule has 1 aliphatic carbocycles. The summed E-state index contributed by atoms with van der Waals surface area (Å²) in [6, 6.07) is 1.90. The van der Waals surface area contributed by atoms with Crippen molar-refractivity contribution >= 4 is 21.4 Å². The first kappa shape index (κ1) is 15.5. The fourth-order valence-electron chi connectivity index (χ4n) is 2.39. The fraction of sp³-hybridized carbons (Fsp3) is 0.571. The van der Waals surface area contributed by atoms with Crippen molar-refractivity contribution in [3.63, 3.8) is 0 Å². The summed E-state index contributed by atoms with van der Waals surface area (Å²) < 4.78 is 27.2.